The summed E-state index contributed by atoms with van der Waals surface area (Å²) in [5.41, 5.74) is 0. The first-order chi connectivity index (χ1) is 11.0. The summed E-state index contributed by atoms with van der Waals surface area (Å²) in [5, 5.41) is 6.74. The van der Waals surface area contributed by atoms with Crippen molar-refractivity contribution in [3.05, 3.63) is 11.7 Å². The predicted octanol–water partition coefficient (Wildman–Crippen LogP) is 2.16. The number of nitrogens with zero attached hydrogens (tertiary/aromatic N) is 3. The highest BCUT2D eigenvalue weighted by Crippen LogP contribution is 2.15. The van der Waals surface area contributed by atoms with Crippen molar-refractivity contribution in [2.45, 2.75) is 64.8 Å². The minimum absolute atomic E-state index is 0.112. The van der Waals surface area contributed by atoms with Crippen LogP contribution in [0, 0.1) is 0 Å². The van der Waals surface area contributed by atoms with E-state index in [9.17, 15) is 9.59 Å². The van der Waals surface area contributed by atoms with Crippen LogP contribution >= 0.6 is 0 Å². The zero-order valence-corrected chi connectivity index (χ0v) is 14.2. The molecule has 23 heavy (non-hydrogen) atoms. The number of carbonyl (C=O) groups is 2. The van der Waals surface area contributed by atoms with Crippen LogP contribution in [0.5, 0.6) is 0 Å². The Hall–Kier alpha value is -1.92. The maximum Gasteiger partial charge on any atom is 0.248 e. The average molecular weight is 322 g/mol. The zero-order chi connectivity index (χ0) is 16.8. The Bertz CT molecular complexity index is 541. The lowest BCUT2D eigenvalue weighted by Gasteiger charge is -2.20. The van der Waals surface area contributed by atoms with Crippen LogP contribution in [0.15, 0.2) is 4.52 Å². The molecule has 1 N–H and O–H groups in total. The van der Waals surface area contributed by atoms with E-state index in [1.54, 1.807) is 4.90 Å². The monoisotopic (exact) mass is 322 g/mol. The predicted molar refractivity (Wildman–Crippen MR) is 84.6 cm³/mol. The number of amides is 2. The van der Waals surface area contributed by atoms with Gasteiger partial charge in [0.1, 0.15) is 6.04 Å². The molecule has 0 bridgehead atoms. The number of aromatic nitrogens is 2. The third-order valence-corrected chi connectivity index (χ3v) is 4.00. The van der Waals surface area contributed by atoms with Crippen molar-refractivity contribution in [1.29, 1.82) is 0 Å². The molecule has 128 valence electrons. The lowest BCUT2D eigenvalue weighted by Crippen LogP contribution is -2.35. The summed E-state index contributed by atoms with van der Waals surface area (Å²) in [5.74, 6) is 1.27. The van der Waals surface area contributed by atoms with Crippen LogP contribution in [0.3, 0.4) is 0 Å². The topological polar surface area (TPSA) is 88.3 Å². The highest BCUT2D eigenvalue weighted by molar-refractivity contribution is 5.79. The van der Waals surface area contributed by atoms with Crippen LogP contribution in [0.2, 0.25) is 0 Å². The van der Waals surface area contributed by atoms with Crippen molar-refractivity contribution >= 4 is 11.8 Å². The lowest BCUT2D eigenvalue weighted by atomic mass is 10.2. The third kappa shape index (κ3) is 5.04. The van der Waals surface area contributed by atoms with E-state index in [1.165, 1.54) is 0 Å². The molecule has 1 saturated heterocycles. The molecule has 1 atom stereocenters. The fourth-order valence-corrected chi connectivity index (χ4v) is 2.54. The van der Waals surface area contributed by atoms with Crippen molar-refractivity contribution < 1.29 is 14.1 Å². The molecule has 1 aliphatic rings. The van der Waals surface area contributed by atoms with Gasteiger partial charge in [-0.1, -0.05) is 25.4 Å². The van der Waals surface area contributed by atoms with Crippen molar-refractivity contribution in [3.8, 4) is 0 Å². The summed E-state index contributed by atoms with van der Waals surface area (Å²) in [7, 11) is 0. The van der Waals surface area contributed by atoms with Gasteiger partial charge in [0.2, 0.25) is 17.7 Å². The Morgan fingerprint density at radius 3 is 2.78 bits per heavy atom. The number of carbonyl (C=O) groups excluding carboxylic acids is 2. The zero-order valence-electron chi connectivity index (χ0n) is 14.2. The van der Waals surface area contributed by atoms with Gasteiger partial charge in [0.15, 0.2) is 5.82 Å². The Morgan fingerprint density at radius 2 is 2.09 bits per heavy atom. The largest absolute Gasteiger partial charge is 0.345 e. The molecule has 2 heterocycles. The van der Waals surface area contributed by atoms with Gasteiger partial charge < -0.3 is 14.7 Å². The Labute approximate surface area is 136 Å². The second-order valence-corrected chi connectivity index (χ2v) is 6.38. The molecule has 0 radical (unpaired) electrons. The summed E-state index contributed by atoms with van der Waals surface area (Å²) in [6.07, 6.45) is 3.94. The van der Waals surface area contributed by atoms with Gasteiger partial charge >= 0.3 is 0 Å². The van der Waals surface area contributed by atoms with Gasteiger partial charge in [0.25, 0.3) is 0 Å². The van der Waals surface area contributed by atoms with Gasteiger partial charge in [-0.05, 0) is 19.8 Å². The number of nitrogens with one attached hydrogen (secondary N) is 1. The lowest BCUT2D eigenvalue weighted by molar-refractivity contribution is -0.131. The molecule has 1 fully saturated rings. The van der Waals surface area contributed by atoms with Gasteiger partial charge in [0.05, 0.1) is 0 Å². The Morgan fingerprint density at radius 1 is 1.30 bits per heavy atom. The standard InChI is InChI=1S/C16H26N4O3/c1-11(2)15-18-16(23-19-15)12(3)17-13(21)8-10-20-9-6-4-5-7-14(20)22/h11-12H,4-10H2,1-3H3,(H,17,21). The normalized spacial score (nSPS) is 17.2. The van der Waals surface area contributed by atoms with E-state index in [1.807, 2.05) is 20.8 Å². The molecule has 1 unspecified atom stereocenters. The van der Waals surface area contributed by atoms with Crippen LogP contribution in [-0.2, 0) is 9.59 Å². The molecule has 1 aliphatic heterocycles. The van der Waals surface area contributed by atoms with Crippen molar-refractivity contribution in [3.63, 3.8) is 0 Å². The maximum atomic E-state index is 12.1. The molecule has 2 amide bonds. The Balaban J connectivity index is 1.80. The molecule has 1 aromatic heterocycles. The van der Waals surface area contributed by atoms with Crippen molar-refractivity contribution in [2.75, 3.05) is 13.1 Å². The Kier molecular flexibility index (Phi) is 6.12. The van der Waals surface area contributed by atoms with Gasteiger partial charge in [-0.15, -0.1) is 0 Å². The first-order valence-corrected chi connectivity index (χ1v) is 8.38. The minimum Gasteiger partial charge on any atom is -0.345 e. The van der Waals surface area contributed by atoms with E-state index < -0.39 is 0 Å². The summed E-state index contributed by atoms with van der Waals surface area (Å²) in [4.78, 5) is 30.0. The fraction of sp³-hybridized carbons (Fsp3) is 0.750. The summed E-state index contributed by atoms with van der Waals surface area (Å²) < 4.78 is 5.18. The van der Waals surface area contributed by atoms with Gasteiger partial charge in [-0.25, -0.2) is 0 Å². The van der Waals surface area contributed by atoms with Crippen molar-refractivity contribution in [2.24, 2.45) is 0 Å². The van der Waals surface area contributed by atoms with E-state index >= 15 is 0 Å². The van der Waals surface area contributed by atoms with Crippen LogP contribution in [0.4, 0.5) is 0 Å². The smallest absolute Gasteiger partial charge is 0.248 e. The molecular weight excluding hydrogens is 296 g/mol. The quantitative estimate of drug-likeness (QED) is 0.867. The fourth-order valence-electron chi connectivity index (χ4n) is 2.54. The van der Waals surface area contributed by atoms with Crippen LogP contribution in [-0.4, -0.2) is 39.9 Å². The van der Waals surface area contributed by atoms with E-state index in [-0.39, 0.29) is 23.8 Å². The van der Waals surface area contributed by atoms with Crippen LogP contribution < -0.4 is 5.32 Å². The van der Waals surface area contributed by atoms with Crippen molar-refractivity contribution in [1.82, 2.24) is 20.4 Å². The second-order valence-electron chi connectivity index (χ2n) is 6.38. The number of rotatable bonds is 6. The SMILES string of the molecule is CC(C)c1noc(C(C)NC(=O)CCN2CCCCCC2=O)n1. The van der Waals surface area contributed by atoms with Gasteiger partial charge in [-0.2, -0.15) is 4.98 Å². The third-order valence-electron chi connectivity index (χ3n) is 4.00. The highest BCUT2D eigenvalue weighted by atomic mass is 16.5. The van der Waals surface area contributed by atoms with E-state index in [0.717, 1.165) is 25.8 Å². The van der Waals surface area contributed by atoms with Gasteiger partial charge in [0, 0.05) is 31.8 Å². The van der Waals surface area contributed by atoms with E-state index in [4.69, 9.17) is 4.52 Å². The molecule has 2 rings (SSSR count). The molecule has 7 heteroatoms. The molecule has 7 nitrogen and oxygen atoms in total. The van der Waals surface area contributed by atoms with Crippen LogP contribution in [0.25, 0.3) is 0 Å². The molecule has 0 aliphatic carbocycles. The molecular formula is C16H26N4O3. The number of hydrogen-bond acceptors (Lipinski definition) is 5. The minimum atomic E-state index is -0.331. The average Bonchev–Trinajstić information content (AvgIpc) is 2.91. The number of likely N-dealkylation sites (tertiary alicyclic amines) is 1. The highest BCUT2D eigenvalue weighted by Gasteiger charge is 2.20. The summed E-state index contributed by atoms with van der Waals surface area (Å²) in [6, 6.07) is -0.331. The van der Waals surface area contributed by atoms with Gasteiger partial charge in [-0.3, -0.25) is 9.59 Å². The molecule has 1 aromatic rings. The molecule has 0 aromatic carbocycles. The summed E-state index contributed by atoms with van der Waals surface area (Å²) in [6.45, 7) is 7.00. The molecule has 0 saturated carbocycles. The molecule has 0 spiro atoms. The second kappa shape index (κ2) is 8.08. The first-order valence-electron chi connectivity index (χ1n) is 8.38. The number of hydrogen-bond donors (Lipinski definition) is 1. The van der Waals surface area contributed by atoms with E-state index in [2.05, 4.69) is 15.5 Å². The van der Waals surface area contributed by atoms with E-state index in [0.29, 0.717) is 31.1 Å². The first kappa shape index (κ1) is 17.4. The summed E-state index contributed by atoms with van der Waals surface area (Å²) >= 11 is 0. The van der Waals surface area contributed by atoms with Crippen LogP contribution in [0.1, 0.15) is 76.6 Å². The maximum absolute atomic E-state index is 12.1.